The van der Waals surface area contributed by atoms with Crippen LogP contribution < -0.4 is 11.1 Å². The van der Waals surface area contributed by atoms with Gasteiger partial charge in [0.05, 0.1) is 5.69 Å². The van der Waals surface area contributed by atoms with E-state index in [2.05, 4.69) is 5.32 Å². The summed E-state index contributed by atoms with van der Waals surface area (Å²) in [6.07, 6.45) is 0. The van der Waals surface area contributed by atoms with Crippen molar-refractivity contribution in [2.45, 2.75) is 13.8 Å². The van der Waals surface area contributed by atoms with Gasteiger partial charge in [-0.3, -0.25) is 4.79 Å². The highest BCUT2D eigenvalue weighted by Crippen LogP contribution is 2.29. The van der Waals surface area contributed by atoms with Crippen LogP contribution in [0.2, 0.25) is 0 Å². The molecular formula is C17H16N2O2. The van der Waals surface area contributed by atoms with Crippen LogP contribution in [0.3, 0.4) is 0 Å². The Bertz CT molecular complexity index is 834. The summed E-state index contributed by atoms with van der Waals surface area (Å²) in [6, 6.07) is 13.2. The summed E-state index contributed by atoms with van der Waals surface area (Å²) in [4.78, 5) is 12.4. The second kappa shape index (κ2) is 4.98. The third-order valence-electron chi connectivity index (χ3n) is 3.48. The van der Waals surface area contributed by atoms with Crippen LogP contribution in [-0.4, -0.2) is 5.91 Å². The van der Waals surface area contributed by atoms with Crippen molar-refractivity contribution in [3.63, 3.8) is 0 Å². The summed E-state index contributed by atoms with van der Waals surface area (Å²) < 4.78 is 5.57. The van der Waals surface area contributed by atoms with Gasteiger partial charge >= 0.3 is 0 Å². The highest BCUT2D eigenvalue weighted by Gasteiger charge is 2.18. The first-order chi connectivity index (χ1) is 10.1. The summed E-state index contributed by atoms with van der Waals surface area (Å²) >= 11 is 0. The standard InChI is InChI=1S/C17H16N2O2/c1-10-7-8-11(2)13(9-10)19-17(20)16-15(18)12-5-3-4-6-14(12)21-16/h3-9H,18H2,1-2H3,(H,19,20). The third kappa shape index (κ3) is 2.36. The van der Waals surface area contributed by atoms with E-state index in [1.807, 2.05) is 50.2 Å². The Labute approximate surface area is 122 Å². The molecule has 0 aliphatic carbocycles. The highest BCUT2D eigenvalue weighted by atomic mass is 16.3. The van der Waals surface area contributed by atoms with Crippen molar-refractivity contribution >= 4 is 28.3 Å². The number of furan rings is 1. The third-order valence-corrected chi connectivity index (χ3v) is 3.48. The number of nitrogens with two attached hydrogens (primary N) is 1. The molecule has 106 valence electrons. The van der Waals surface area contributed by atoms with Crippen molar-refractivity contribution in [1.29, 1.82) is 0 Å². The predicted octanol–water partition coefficient (Wildman–Crippen LogP) is 3.88. The molecule has 0 unspecified atom stereocenters. The van der Waals surface area contributed by atoms with Gasteiger partial charge in [0.15, 0.2) is 0 Å². The lowest BCUT2D eigenvalue weighted by Gasteiger charge is -2.08. The number of carbonyl (C=O) groups excluding carboxylic acids is 1. The van der Waals surface area contributed by atoms with Crippen LogP contribution in [0.15, 0.2) is 46.9 Å². The maximum atomic E-state index is 12.4. The average molecular weight is 280 g/mol. The number of nitrogen functional groups attached to an aromatic ring is 1. The molecule has 3 N–H and O–H groups in total. The molecule has 4 nitrogen and oxygen atoms in total. The van der Waals surface area contributed by atoms with Crippen molar-refractivity contribution in [2.75, 3.05) is 11.1 Å². The number of nitrogens with one attached hydrogen (secondary N) is 1. The Morgan fingerprint density at radius 3 is 2.67 bits per heavy atom. The number of amides is 1. The van der Waals surface area contributed by atoms with E-state index in [1.165, 1.54) is 0 Å². The number of hydrogen-bond acceptors (Lipinski definition) is 3. The average Bonchev–Trinajstić information content (AvgIpc) is 2.81. The molecule has 0 saturated carbocycles. The predicted molar refractivity (Wildman–Crippen MR) is 84.5 cm³/mol. The number of rotatable bonds is 2. The van der Waals surface area contributed by atoms with Gasteiger partial charge in [-0.05, 0) is 43.2 Å². The summed E-state index contributed by atoms with van der Waals surface area (Å²) in [5.41, 5.74) is 9.82. The van der Waals surface area contributed by atoms with Crippen LogP contribution >= 0.6 is 0 Å². The molecule has 21 heavy (non-hydrogen) atoms. The molecule has 0 saturated heterocycles. The zero-order chi connectivity index (χ0) is 15.0. The summed E-state index contributed by atoms with van der Waals surface area (Å²) in [5.74, 6) is -0.186. The monoisotopic (exact) mass is 280 g/mol. The fourth-order valence-corrected chi connectivity index (χ4v) is 2.28. The van der Waals surface area contributed by atoms with E-state index >= 15 is 0 Å². The smallest absolute Gasteiger partial charge is 0.293 e. The van der Waals surface area contributed by atoms with E-state index in [-0.39, 0.29) is 11.7 Å². The van der Waals surface area contributed by atoms with Gasteiger partial charge in [-0.15, -0.1) is 0 Å². The lowest BCUT2D eigenvalue weighted by atomic mass is 10.1. The molecule has 0 fully saturated rings. The minimum absolute atomic E-state index is 0.150. The molecule has 0 radical (unpaired) electrons. The molecule has 0 bridgehead atoms. The number of carbonyl (C=O) groups is 1. The zero-order valence-corrected chi connectivity index (χ0v) is 11.9. The lowest BCUT2D eigenvalue weighted by Crippen LogP contribution is -2.13. The molecule has 3 aromatic rings. The topological polar surface area (TPSA) is 68.3 Å². The maximum absolute atomic E-state index is 12.4. The molecule has 1 amide bonds. The molecule has 4 heteroatoms. The van der Waals surface area contributed by atoms with Crippen molar-refractivity contribution in [2.24, 2.45) is 0 Å². The van der Waals surface area contributed by atoms with Gasteiger partial charge in [0, 0.05) is 11.1 Å². The molecule has 0 aliphatic heterocycles. The fraction of sp³-hybridized carbons (Fsp3) is 0.118. The molecule has 2 aromatic carbocycles. The maximum Gasteiger partial charge on any atom is 0.293 e. The van der Waals surface area contributed by atoms with Gasteiger partial charge in [-0.2, -0.15) is 0 Å². The fourth-order valence-electron chi connectivity index (χ4n) is 2.28. The lowest BCUT2D eigenvalue weighted by molar-refractivity contribution is 0.1000. The van der Waals surface area contributed by atoms with Crippen molar-refractivity contribution in [3.05, 3.63) is 59.4 Å². The van der Waals surface area contributed by atoms with Crippen LogP contribution in [0.5, 0.6) is 0 Å². The number of para-hydroxylation sites is 1. The summed E-state index contributed by atoms with van der Waals surface area (Å²) in [5, 5.41) is 3.61. The first-order valence-corrected chi connectivity index (χ1v) is 6.72. The van der Waals surface area contributed by atoms with Crippen LogP contribution in [0.1, 0.15) is 21.7 Å². The normalized spacial score (nSPS) is 10.8. The number of hydrogen-bond donors (Lipinski definition) is 2. The van der Waals surface area contributed by atoms with Gasteiger partial charge in [-0.1, -0.05) is 24.3 Å². The molecule has 3 rings (SSSR count). The Hall–Kier alpha value is -2.75. The van der Waals surface area contributed by atoms with Crippen LogP contribution in [-0.2, 0) is 0 Å². The Morgan fingerprint density at radius 2 is 1.90 bits per heavy atom. The first-order valence-electron chi connectivity index (χ1n) is 6.72. The number of anilines is 2. The Morgan fingerprint density at radius 1 is 1.14 bits per heavy atom. The largest absolute Gasteiger partial charge is 0.449 e. The highest BCUT2D eigenvalue weighted by molar-refractivity contribution is 6.11. The van der Waals surface area contributed by atoms with Crippen molar-refractivity contribution < 1.29 is 9.21 Å². The van der Waals surface area contributed by atoms with Crippen LogP contribution in [0.4, 0.5) is 11.4 Å². The van der Waals surface area contributed by atoms with Gasteiger partial charge in [0.2, 0.25) is 5.76 Å². The minimum atomic E-state index is -0.336. The molecule has 0 atom stereocenters. The first kappa shape index (κ1) is 13.2. The van der Waals surface area contributed by atoms with E-state index in [0.29, 0.717) is 11.3 Å². The summed E-state index contributed by atoms with van der Waals surface area (Å²) in [6.45, 7) is 3.92. The second-order valence-corrected chi connectivity index (χ2v) is 5.11. The molecule has 1 aromatic heterocycles. The number of benzene rings is 2. The number of fused-ring (bicyclic) bond motifs is 1. The van der Waals surface area contributed by atoms with E-state index in [1.54, 1.807) is 6.07 Å². The molecule has 1 heterocycles. The van der Waals surface area contributed by atoms with Gasteiger partial charge in [0.1, 0.15) is 5.58 Å². The Kier molecular flexibility index (Phi) is 3.14. The number of aryl methyl sites for hydroxylation is 2. The SMILES string of the molecule is Cc1ccc(C)c(NC(=O)c2oc3ccccc3c2N)c1. The molecule has 0 spiro atoms. The second-order valence-electron chi connectivity index (χ2n) is 5.11. The van der Waals surface area contributed by atoms with Crippen LogP contribution in [0.25, 0.3) is 11.0 Å². The van der Waals surface area contributed by atoms with E-state index < -0.39 is 0 Å². The molecular weight excluding hydrogens is 264 g/mol. The zero-order valence-electron chi connectivity index (χ0n) is 11.9. The van der Waals surface area contributed by atoms with Gasteiger partial charge in [0.25, 0.3) is 5.91 Å². The van der Waals surface area contributed by atoms with E-state index in [4.69, 9.17) is 10.2 Å². The van der Waals surface area contributed by atoms with Crippen molar-refractivity contribution in [3.8, 4) is 0 Å². The van der Waals surface area contributed by atoms with Crippen LogP contribution in [0, 0.1) is 13.8 Å². The van der Waals surface area contributed by atoms with Gasteiger partial charge < -0.3 is 15.5 Å². The quantitative estimate of drug-likeness (QED) is 0.748. The minimum Gasteiger partial charge on any atom is -0.449 e. The summed E-state index contributed by atoms with van der Waals surface area (Å²) in [7, 11) is 0. The van der Waals surface area contributed by atoms with E-state index in [0.717, 1.165) is 22.2 Å². The molecule has 0 aliphatic rings. The van der Waals surface area contributed by atoms with Crippen molar-refractivity contribution in [1.82, 2.24) is 0 Å². The Balaban J connectivity index is 1.97. The van der Waals surface area contributed by atoms with Gasteiger partial charge in [-0.25, -0.2) is 0 Å². The van der Waals surface area contributed by atoms with E-state index in [9.17, 15) is 4.79 Å².